The van der Waals surface area contributed by atoms with E-state index in [1.54, 1.807) is 146 Å². The van der Waals surface area contributed by atoms with Gasteiger partial charge in [-0.2, -0.15) is 0 Å². The zero-order valence-electron chi connectivity index (χ0n) is 32.5. The van der Waals surface area contributed by atoms with Crippen LogP contribution in [-0.2, 0) is 9.47 Å². The fourth-order valence-corrected chi connectivity index (χ4v) is 3.77. The molecule has 0 aliphatic heterocycles. The second-order valence-electron chi connectivity index (χ2n) is 13.3. The Morgan fingerprint density at radius 2 is 0.603 bits per heavy atom. The smallest absolute Gasteiger partial charge is 0.338 e. The first-order chi connectivity index (χ1) is 27.6. The van der Waals surface area contributed by atoms with Gasteiger partial charge in [0.1, 0.15) is 0 Å². The number of benzene rings is 5. The molecule has 13 heteroatoms. The van der Waals surface area contributed by atoms with E-state index < -0.39 is 28.7 Å². The van der Waals surface area contributed by atoms with Crippen LogP contribution in [-0.4, -0.2) is 93.5 Å². The average Bonchev–Trinajstić information content (AvgIpc) is 3.27. The molecule has 0 spiro atoms. The van der Waals surface area contributed by atoms with Crippen molar-refractivity contribution in [3.8, 4) is 0 Å². The minimum atomic E-state index is -0.879. The Morgan fingerprint density at radius 3 is 0.759 bits per heavy atom. The van der Waals surface area contributed by atoms with Gasteiger partial charge in [-0.15, -0.1) is 0 Å². The van der Waals surface area contributed by atoms with Crippen molar-refractivity contribution in [1.82, 2.24) is 0 Å². The molecule has 0 radical (unpaired) electrons. The second kappa shape index (κ2) is 27.0. The van der Waals surface area contributed by atoms with E-state index >= 15 is 0 Å². The van der Waals surface area contributed by atoms with Crippen molar-refractivity contribution >= 4 is 29.8 Å². The number of esters is 2. The zero-order chi connectivity index (χ0) is 43.4. The number of ether oxygens (including phenoxy) is 2. The highest BCUT2D eigenvalue weighted by molar-refractivity contribution is 5.90. The first kappa shape index (κ1) is 49.3. The monoisotopic (exact) mass is 798 g/mol. The number of aliphatic hydroxyl groups excluding tert-OH is 3. The van der Waals surface area contributed by atoms with Crippen LogP contribution in [0.15, 0.2) is 152 Å². The number of aliphatic hydroxyl groups is 3. The van der Waals surface area contributed by atoms with Crippen LogP contribution in [0.2, 0.25) is 0 Å². The Hall–Kier alpha value is -6.67. The molecule has 0 saturated carbocycles. The number of carbonyl (C=O) groups is 5. The van der Waals surface area contributed by atoms with Gasteiger partial charge in [0.05, 0.1) is 60.9 Å². The maximum absolute atomic E-state index is 11.9. The van der Waals surface area contributed by atoms with Crippen LogP contribution in [0, 0.1) is 10.8 Å². The first-order valence-corrected chi connectivity index (χ1v) is 17.7. The van der Waals surface area contributed by atoms with E-state index in [-0.39, 0.29) is 45.0 Å². The number of aromatic carboxylic acids is 3. The lowest BCUT2D eigenvalue weighted by Crippen LogP contribution is -2.29. The highest BCUT2D eigenvalue weighted by Crippen LogP contribution is 2.18. The number of carboxylic acids is 3. The van der Waals surface area contributed by atoms with Gasteiger partial charge >= 0.3 is 29.8 Å². The quantitative estimate of drug-likeness (QED) is 0.0711. The minimum Gasteiger partial charge on any atom is -0.478 e. The molecular formula is C45H50O13. The van der Waals surface area contributed by atoms with Crippen LogP contribution in [0.1, 0.15) is 72.6 Å². The number of rotatable bonds is 12. The molecule has 0 amide bonds. The minimum absolute atomic E-state index is 0.169. The Balaban J connectivity index is 0.000000399. The van der Waals surface area contributed by atoms with E-state index in [0.717, 1.165) is 0 Å². The van der Waals surface area contributed by atoms with Gasteiger partial charge in [-0.1, -0.05) is 112 Å². The third-order valence-corrected chi connectivity index (χ3v) is 7.41. The topological polar surface area (TPSA) is 225 Å². The fourth-order valence-electron chi connectivity index (χ4n) is 3.77. The molecule has 308 valence electrons. The lowest BCUT2D eigenvalue weighted by atomic mass is 9.95. The summed E-state index contributed by atoms with van der Waals surface area (Å²) in [5.74, 6) is -3.40. The molecule has 0 fully saturated rings. The molecule has 0 heterocycles. The molecule has 5 aromatic carbocycles. The Labute approximate surface area is 337 Å². The summed E-state index contributed by atoms with van der Waals surface area (Å²) in [6, 6.07) is 42.5. The molecule has 0 unspecified atom stereocenters. The van der Waals surface area contributed by atoms with Gasteiger partial charge in [0.2, 0.25) is 0 Å². The van der Waals surface area contributed by atoms with Crippen LogP contribution in [0.4, 0.5) is 0 Å². The molecular weight excluding hydrogens is 748 g/mol. The molecule has 0 aliphatic rings. The highest BCUT2D eigenvalue weighted by Gasteiger charge is 2.24. The molecule has 0 atom stereocenters. The van der Waals surface area contributed by atoms with Crippen molar-refractivity contribution in [2.45, 2.75) is 20.8 Å². The molecule has 5 rings (SSSR count). The molecule has 0 aromatic heterocycles. The van der Waals surface area contributed by atoms with Crippen molar-refractivity contribution in [1.29, 1.82) is 0 Å². The van der Waals surface area contributed by atoms with Gasteiger partial charge in [-0.05, 0) is 60.7 Å². The average molecular weight is 799 g/mol. The summed E-state index contributed by atoms with van der Waals surface area (Å²) in [6.07, 6.45) is 0. The second-order valence-corrected chi connectivity index (χ2v) is 13.3. The molecule has 0 aliphatic carbocycles. The van der Waals surface area contributed by atoms with Gasteiger partial charge in [0.15, 0.2) is 0 Å². The van der Waals surface area contributed by atoms with Gasteiger partial charge in [0.25, 0.3) is 0 Å². The standard InChI is InChI=1S/C19H20O4.3C7H6O2.C5H12O3/c1-19(2,13-22-17(20)15-9-5-3-6-10-15)14-23-18(21)16-11-7-4-8-12-16;3*8-7(9)6-4-2-1-3-5-6;1-5(2-6,3-7)4-8/h3-12H,13-14H2,1-2H3;3*1-5H,(H,8,9);6-8H,2-4H2,1H3. The highest BCUT2D eigenvalue weighted by atomic mass is 16.5. The van der Waals surface area contributed by atoms with Crippen LogP contribution in [0.5, 0.6) is 0 Å². The van der Waals surface area contributed by atoms with E-state index in [9.17, 15) is 24.0 Å². The van der Waals surface area contributed by atoms with Gasteiger partial charge in [-0.3, -0.25) is 0 Å². The number of carboxylic acid groups (broad SMARTS) is 3. The molecule has 6 N–H and O–H groups in total. The van der Waals surface area contributed by atoms with Crippen molar-refractivity contribution in [3.05, 3.63) is 179 Å². The third-order valence-electron chi connectivity index (χ3n) is 7.41. The number of hydrogen-bond donors (Lipinski definition) is 6. The summed E-state index contributed by atoms with van der Waals surface area (Å²) in [5, 5.41) is 50.6. The van der Waals surface area contributed by atoms with Crippen LogP contribution in [0.25, 0.3) is 0 Å². The van der Waals surface area contributed by atoms with Crippen molar-refractivity contribution < 1.29 is 64.1 Å². The van der Waals surface area contributed by atoms with Crippen LogP contribution < -0.4 is 0 Å². The number of hydrogen-bond acceptors (Lipinski definition) is 10. The molecule has 13 nitrogen and oxygen atoms in total. The lowest BCUT2D eigenvalue weighted by Gasteiger charge is -2.23. The third kappa shape index (κ3) is 20.9. The zero-order valence-corrected chi connectivity index (χ0v) is 32.5. The van der Waals surface area contributed by atoms with Crippen LogP contribution in [0.3, 0.4) is 0 Å². The summed E-state index contributed by atoms with van der Waals surface area (Å²) in [4.78, 5) is 54.4. The Kier molecular flexibility index (Phi) is 23.0. The summed E-state index contributed by atoms with van der Waals surface area (Å²) < 4.78 is 10.6. The van der Waals surface area contributed by atoms with Gasteiger partial charge in [-0.25, -0.2) is 24.0 Å². The SMILES string of the molecule is CC(C)(COC(=O)c1ccccc1)COC(=O)c1ccccc1.CC(CO)(CO)CO.O=C(O)c1ccccc1.O=C(O)c1ccccc1.O=C(O)c1ccccc1. The van der Waals surface area contributed by atoms with E-state index in [0.29, 0.717) is 27.8 Å². The van der Waals surface area contributed by atoms with E-state index in [1.165, 1.54) is 0 Å². The Bertz CT molecular complexity index is 1730. The summed E-state index contributed by atoms with van der Waals surface area (Å²) in [6.45, 7) is 5.16. The summed E-state index contributed by atoms with van der Waals surface area (Å²) in [5.41, 5.74) is 0.830. The lowest BCUT2D eigenvalue weighted by molar-refractivity contribution is 0.00609. The first-order valence-electron chi connectivity index (χ1n) is 17.7. The largest absolute Gasteiger partial charge is 0.478 e. The van der Waals surface area contributed by atoms with Crippen molar-refractivity contribution in [2.24, 2.45) is 10.8 Å². The predicted molar refractivity (Wildman–Crippen MR) is 217 cm³/mol. The van der Waals surface area contributed by atoms with Crippen molar-refractivity contribution in [2.75, 3.05) is 33.0 Å². The fraction of sp³-hybridized carbons (Fsp3) is 0.222. The predicted octanol–water partition coefficient (Wildman–Crippen LogP) is 6.85. The molecule has 5 aromatic rings. The van der Waals surface area contributed by atoms with E-state index in [4.69, 9.17) is 40.1 Å². The van der Waals surface area contributed by atoms with Gasteiger partial charge < -0.3 is 40.1 Å². The number of carbonyl (C=O) groups excluding carboxylic acids is 2. The summed E-state index contributed by atoms with van der Waals surface area (Å²) in [7, 11) is 0. The molecule has 0 saturated heterocycles. The van der Waals surface area contributed by atoms with Gasteiger partial charge in [0, 0.05) is 10.8 Å². The molecule has 58 heavy (non-hydrogen) atoms. The summed E-state index contributed by atoms with van der Waals surface area (Å²) >= 11 is 0. The van der Waals surface area contributed by atoms with Crippen molar-refractivity contribution in [3.63, 3.8) is 0 Å². The maximum atomic E-state index is 11.9. The molecule has 0 bridgehead atoms. The van der Waals surface area contributed by atoms with E-state index in [1.807, 2.05) is 26.0 Å². The van der Waals surface area contributed by atoms with E-state index in [2.05, 4.69) is 0 Å². The van der Waals surface area contributed by atoms with Crippen LogP contribution >= 0.6 is 0 Å². The Morgan fingerprint density at radius 1 is 0.397 bits per heavy atom. The maximum Gasteiger partial charge on any atom is 0.338 e. The normalized spacial score (nSPS) is 10.1.